The van der Waals surface area contributed by atoms with E-state index >= 15 is 0 Å². The number of ether oxygens (including phenoxy) is 4. The van der Waals surface area contributed by atoms with E-state index in [4.69, 9.17) is 18.9 Å². The first kappa shape index (κ1) is 96.4. The lowest BCUT2D eigenvalue weighted by atomic mass is 10.0. The maximum Gasteiger partial charge on any atom is 0.335 e. The normalized spacial score (nSPS) is 12.7. The summed E-state index contributed by atoms with van der Waals surface area (Å²) in [5.41, 5.74) is 0.162. The summed E-state index contributed by atoms with van der Waals surface area (Å²) in [4.78, 5) is 95.3. The van der Waals surface area contributed by atoms with Crippen molar-refractivity contribution < 1.29 is 57.6 Å². The van der Waals surface area contributed by atoms with Gasteiger partial charge in [0.1, 0.15) is 24.4 Å². The number of nitrogens with one attached hydrogen (secondary N) is 2. The van der Waals surface area contributed by atoms with Gasteiger partial charge in [-0.25, -0.2) is 4.79 Å². The summed E-state index contributed by atoms with van der Waals surface area (Å²) in [7, 11) is 0. The molecule has 4 unspecified atom stereocenters. The van der Waals surface area contributed by atoms with E-state index in [0.717, 1.165) is 270 Å². The molecule has 0 aliphatic heterocycles. The molecule has 0 heterocycles. The van der Waals surface area contributed by atoms with Crippen LogP contribution in [0.1, 0.15) is 433 Å². The van der Waals surface area contributed by atoms with Gasteiger partial charge in [-0.3, -0.25) is 28.8 Å². The van der Waals surface area contributed by atoms with Crippen molar-refractivity contribution >= 4 is 41.7 Å². The van der Waals surface area contributed by atoms with Crippen LogP contribution in [0.15, 0.2) is 18.2 Å². The van der Waals surface area contributed by atoms with Crippen molar-refractivity contribution in [2.24, 2.45) is 0 Å². The molecule has 1 aromatic carbocycles. The van der Waals surface area contributed by atoms with Crippen molar-refractivity contribution in [1.29, 1.82) is 0 Å². The van der Waals surface area contributed by atoms with Gasteiger partial charge in [0.15, 0.2) is 0 Å². The molecule has 2 amide bonds. The monoisotopic (exact) mass is 1450 g/mol. The Bertz CT molecular complexity index is 2010. The zero-order valence-corrected chi connectivity index (χ0v) is 67.7. The number of hydrogen-bond acceptors (Lipinski definition) is 13. The maximum absolute atomic E-state index is 13.7. The SMILES string of the molecule is CCCCCCC(CC)OC(=O)CCCCCCCCN(CCCCCCCCC(=O)OC(CC)CCCCCC)CCCNC(=O)c1cc(C(=O)O)cc(C(=O)NCCCN(CCCCCCCCC(=O)OC(CC)CCCCCC)CCCCCCCCC(=O)OC(CC)CCCCCC)c1. The van der Waals surface area contributed by atoms with Gasteiger partial charge in [-0.15, -0.1) is 0 Å². The number of amides is 2. The molecule has 0 aliphatic rings. The molecule has 0 aromatic heterocycles. The molecule has 16 nitrogen and oxygen atoms in total. The van der Waals surface area contributed by atoms with Gasteiger partial charge in [0.25, 0.3) is 11.8 Å². The average molecular weight is 1450 g/mol. The van der Waals surface area contributed by atoms with Crippen molar-refractivity contribution in [3.8, 4) is 0 Å². The number of esters is 4. The molecule has 0 bridgehead atoms. The molecule has 1 rings (SSSR count). The zero-order valence-electron chi connectivity index (χ0n) is 67.7. The van der Waals surface area contributed by atoms with Gasteiger partial charge in [0.2, 0.25) is 0 Å². The Morgan fingerprint density at radius 1 is 0.291 bits per heavy atom. The summed E-state index contributed by atoms with van der Waals surface area (Å²) in [5.74, 6) is -2.28. The largest absolute Gasteiger partial charge is 0.478 e. The topological polar surface area (TPSA) is 207 Å². The highest BCUT2D eigenvalue weighted by Gasteiger charge is 2.20. The molecule has 0 saturated heterocycles. The number of rotatable bonds is 75. The van der Waals surface area contributed by atoms with Gasteiger partial charge in [0.05, 0.1) is 5.56 Å². The highest BCUT2D eigenvalue weighted by molar-refractivity contribution is 6.03. The predicted octanol–water partition coefficient (Wildman–Crippen LogP) is 22.3. The zero-order chi connectivity index (χ0) is 75.4. The lowest BCUT2D eigenvalue weighted by Crippen LogP contribution is -2.32. The number of hydrogen-bond donors (Lipinski definition) is 3. The van der Waals surface area contributed by atoms with E-state index in [0.29, 0.717) is 51.6 Å². The lowest BCUT2D eigenvalue weighted by molar-refractivity contribution is -0.150. The van der Waals surface area contributed by atoms with E-state index in [1.807, 2.05) is 0 Å². The van der Waals surface area contributed by atoms with Crippen LogP contribution in [0.2, 0.25) is 0 Å². The molecule has 3 N–H and O–H groups in total. The number of nitrogens with zero attached hydrogens (tertiary/aromatic N) is 2. The summed E-state index contributed by atoms with van der Waals surface area (Å²) < 4.78 is 23.2. The smallest absolute Gasteiger partial charge is 0.335 e. The molecule has 16 heteroatoms. The van der Waals surface area contributed by atoms with Crippen molar-refractivity contribution in [3.05, 3.63) is 34.9 Å². The number of carboxylic acids is 1. The summed E-state index contributed by atoms with van der Waals surface area (Å²) in [5, 5.41) is 16.2. The Kier molecular flexibility index (Phi) is 64.8. The highest BCUT2D eigenvalue weighted by Crippen LogP contribution is 2.21. The molecule has 1 aromatic rings. The quantitative estimate of drug-likeness (QED) is 0.0315. The Balaban J connectivity index is 2.87. The number of carbonyl (C=O) groups excluding carboxylic acids is 6. The van der Waals surface area contributed by atoms with Crippen molar-refractivity contribution in [1.82, 2.24) is 20.4 Å². The first-order chi connectivity index (χ1) is 50.2. The van der Waals surface area contributed by atoms with Gasteiger partial charge in [-0.2, -0.15) is 0 Å². The second-order valence-electron chi connectivity index (χ2n) is 30.0. The molecule has 0 fully saturated rings. The van der Waals surface area contributed by atoms with Crippen LogP contribution < -0.4 is 10.6 Å². The summed E-state index contributed by atoms with van der Waals surface area (Å²) >= 11 is 0. The number of benzene rings is 1. The van der Waals surface area contributed by atoms with Crippen LogP contribution in [0, 0.1) is 0 Å². The molecule has 598 valence electrons. The van der Waals surface area contributed by atoms with Gasteiger partial charge in [-0.1, -0.05) is 235 Å². The molecular formula is C87H158N4O12. The Labute approximate surface area is 630 Å². The Morgan fingerprint density at radius 3 is 0.738 bits per heavy atom. The third kappa shape index (κ3) is 56.4. The number of carbonyl (C=O) groups is 7. The third-order valence-corrected chi connectivity index (χ3v) is 20.5. The number of aromatic carboxylic acids is 1. The van der Waals surface area contributed by atoms with Gasteiger partial charge in [-0.05, 0) is 199 Å². The minimum Gasteiger partial charge on any atom is -0.478 e. The van der Waals surface area contributed by atoms with E-state index in [1.165, 1.54) is 95.2 Å². The number of unbranched alkanes of at least 4 members (excludes halogenated alkanes) is 32. The van der Waals surface area contributed by atoms with E-state index in [2.05, 4.69) is 75.8 Å². The molecule has 103 heavy (non-hydrogen) atoms. The van der Waals surface area contributed by atoms with Gasteiger partial charge in [0, 0.05) is 49.9 Å². The summed E-state index contributed by atoms with van der Waals surface area (Å²) in [6, 6.07) is 4.19. The molecule has 0 saturated carbocycles. The van der Waals surface area contributed by atoms with E-state index in [9.17, 15) is 38.7 Å². The fourth-order valence-electron chi connectivity index (χ4n) is 13.7. The van der Waals surface area contributed by atoms with Crippen LogP contribution in [0.3, 0.4) is 0 Å². The van der Waals surface area contributed by atoms with Crippen LogP contribution in [0.25, 0.3) is 0 Å². The summed E-state index contributed by atoms with van der Waals surface area (Å²) in [6.07, 6.45) is 54.7. The predicted molar refractivity (Wildman–Crippen MR) is 425 cm³/mol. The number of carboxylic acid groups (broad SMARTS) is 1. The molecule has 4 atom stereocenters. The van der Waals surface area contributed by atoms with Crippen LogP contribution >= 0.6 is 0 Å². The van der Waals surface area contributed by atoms with Crippen molar-refractivity contribution in [2.45, 2.75) is 427 Å². The molecular weight excluding hydrogens is 1290 g/mol. The van der Waals surface area contributed by atoms with E-state index in [1.54, 1.807) is 0 Å². The van der Waals surface area contributed by atoms with Crippen molar-refractivity contribution in [3.63, 3.8) is 0 Å². The van der Waals surface area contributed by atoms with Gasteiger partial charge < -0.3 is 44.5 Å². The second-order valence-corrected chi connectivity index (χ2v) is 30.0. The third-order valence-electron chi connectivity index (χ3n) is 20.5. The minimum atomic E-state index is -1.21. The summed E-state index contributed by atoms with van der Waals surface area (Å²) in [6.45, 7) is 23.5. The fourth-order valence-corrected chi connectivity index (χ4v) is 13.7. The van der Waals surface area contributed by atoms with Crippen LogP contribution in [-0.4, -0.2) is 133 Å². The highest BCUT2D eigenvalue weighted by atomic mass is 16.6. The van der Waals surface area contributed by atoms with Crippen LogP contribution in [0.5, 0.6) is 0 Å². The second kappa shape index (κ2) is 69.2. The van der Waals surface area contributed by atoms with Gasteiger partial charge >= 0.3 is 29.8 Å². The first-order valence-electron chi connectivity index (χ1n) is 43.3. The van der Waals surface area contributed by atoms with E-state index in [-0.39, 0.29) is 65.0 Å². The standard InChI is InChI=1S/C87H158N4O12/c1-9-17-21-41-55-77(13-5)100-81(92)59-45-33-25-29-37-49-65-90(66-50-38-30-26-34-46-60-82(93)101-78(14-6)56-42-22-18-10-2)69-53-63-88-85(96)74-71-75(73-76(72-74)87(98)99)86(97)89-64-54-70-91(67-51-39-31-27-35-47-61-83(94)102-79(15-7)57-43-23-19-11-3)68-52-40-32-28-36-48-62-84(95)103-80(16-8)58-44-24-20-12-4/h71-73,77-80H,9-70H2,1-8H3,(H,88,96)(H,89,97)(H,98,99). The van der Waals surface area contributed by atoms with Crippen LogP contribution in [0.4, 0.5) is 0 Å². The lowest BCUT2D eigenvalue weighted by Gasteiger charge is -2.22. The average Bonchev–Trinajstić information content (AvgIpc) is 0.834. The Hall–Kier alpha value is -4.57. The Morgan fingerprint density at radius 2 is 0.505 bits per heavy atom. The van der Waals surface area contributed by atoms with E-state index < -0.39 is 17.8 Å². The van der Waals surface area contributed by atoms with Crippen LogP contribution in [-0.2, 0) is 38.1 Å². The molecule has 0 aliphatic carbocycles. The van der Waals surface area contributed by atoms with Crippen molar-refractivity contribution in [2.75, 3.05) is 52.4 Å². The molecule has 0 radical (unpaired) electrons. The maximum atomic E-state index is 13.7. The first-order valence-corrected chi connectivity index (χ1v) is 43.3. The minimum absolute atomic E-state index is 0.0353. The molecule has 0 spiro atoms. The fraction of sp³-hybridized carbons (Fsp3) is 0.851.